The summed E-state index contributed by atoms with van der Waals surface area (Å²) in [6, 6.07) is 5.43. The minimum atomic E-state index is 0. The van der Waals surface area contributed by atoms with Gasteiger partial charge in [0.1, 0.15) is 0 Å². The van der Waals surface area contributed by atoms with E-state index in [1.54, 1.807) is 6.07 Å². The smallest absolute Gasteiger partial charge is 0.224 e. The van der Waals surface area contributed by atoms with Crippen molar-refractivity contribution in [2.24, 2.45) is 0 Å². The predicted molar refractivity (Wildman–Crippen MR) is 61.8 cm³/mol. The van der Waals surface area contributed by atoms with Gasteiger partial charge in [0, 0.05) is 17.8 Å². The summed E-state index contributed by atoms with van der Waals surface area (Å²) >= 11 is 0. The third-order valence-electron chi connectivity index (χ3n) is 1.85. The molecule has 0 atom stereocenters. The highest BCUT2D eigenvalue weighted by atomic mass is 35.5. The molecule has 1 aromatic rings. The van der Waals surface area contributed by atoms with Gasteiger partial charge >= 0.3 is 0 Å². The summed E-state index contributed by atoms with van der Waals surface area (Å²) < 4.78 is 0. The highest BCUT2D eigenvalue weighted by Gasteiger charge is 2.01. The molecule has 0 aliphatic heterocycles. The second-order valence-corrected chi connectivity index (χ2v) is 2.98. The molecule has 0 aromatic heterocycles. The molecule has 0 spiro atoms. The van der Waals surface area contributed by atoms with Crippen LogP contribution in [0.1, 0.15) is 18.9 Å². The van der Waals surface area contributed by atoms with Gasteiger partial charge in [-0.25, -0.2) is 0 Å². The van der Waals surface area contributed by atoms with Gasteiger partial charge in [0.25, 0.3) is 0 Å². The maximum atomic E-state index is 11.1. The zero-order valence-electron chi connectivity index (χ0n) is 8.33. The van der Waals surface area contributed by atoms with Crippen molar-refractivity contribution in [1.29, 1.82) is 0 Å². The highest BCUT2D eigenvalue weighted by Crippen LogP contribution is 2.17. The first-order chi connectivity index (χ1) is 6.13. The van der Waals surface area contributed by atoms with Crippen LogP contribution < -0.4 is 11.1 Å². The molecular weight excluding hydrogens is 200 g/mol. The first-order valence-electron chi connectivity index (χ1n) is 4.29. The average molecular weight is 215 g/mol. The summed E-state index contributed by atoms with van der Waals surface area (Å²) in [5.74, 6) is 0.0212. The number of benzene rings is 1. The van der Waals surface area contributed by atoms with E-state index < -0.39 is 0 Å². The van der Waals surface area contributed by atoms with Crippen molar-refractivity contribution in [3.63, 3.8) is 0 Å². The Morgan fingerprint density at radius 3 is 2.64 bits per heavy atom. The summed E-state index contributed by atoms with van der Waals surface area (Å²) in [4.78, 5) is 11.1. The summed E-state index contributed by atoms with van der Waals surface area (Å²) in [5.41, 5.74) is 8.12. The molecular formula is C10H15ClN2O. The summed E-state index contributed by atoms with van der Waals surface area (Å²) in [6.07, 6.45) is 0.490. The second-order valence-electron chi connectivity index (χ2n) is 2.98. The van der Waals surface area contributed by atoms with Gasteiger partial charge in [0.05, 0.1) is 0 Å². The summed E-state index contributed by atoms with van der Waals surface area (Å²) in [7, 11) is 0. The molecule has 0 saturated carbocycles. The Kier molecular flexibility index (Phi) is 5.02. The minimum absolute atomic E-state index is 0. The topological polar surface area (TPSA) is 55.1 Å². The van der Waals surface area contributed by atoms with E-state index in [2.05, 4.69) is 5.32 Å². The van der Waals surface area contributed by atoms with Crippen LogP contribution in [0.15, 0.2) is 18.2 Å². The lowest BCUT2D eigenvalue weighted by atomic mass is 10.2. The fraction of sp³-hybridized carbons (Fsp3) is 0.300. The first-order valence-corrected chi connectivity index (χ1v) is 4.29. The fourth-order valence-corrected chi connectivity index (χ4v) is 1.07. The normalized spacial score (nSPS) is 9.00. The average Bonchev–Trinajstić information content (AvgIpc) is 2.09. The van der Waals surface area contributed by atoms with E-state index in [0.717, 1.165) is 11.3 Å². The third-order valence-corrected chi connectivity index (χ3v) is 1.85. The van der Waals surface area contributed by atoms with Crippen molar-refractivity contribution in [2.45, 2.75) is 20.3 Å². The number of nitrogens with one attached hydrogen (secondary N) is 1. The Balaban J connectivity index is 0.00000169. The maximum absolute atomic E-state index is 11.1. The molecule has 1 aromatic carbocycles. The van der Waals surface area contributed by atoms with Gasteiger partial charge in [-0.3, -0.25) is 4.79 Å². The standard InChI is InChI=1S/C10H14N2O.ClH/c1-3-10(13)12-9-5-4-8(11)6-7(9)2;/h4-6H,3,11H2,1-2H3,(H,12,13);1H. The van der Waals surface area contributed by atoms with Crippen molar-refractivity contribution >= 4 is 29.7 Å². The van der Waals surface area contributed by atoms with Crippen LogP contribution in [-0.2, 0) is 4.79 Å². The number of anilines is 2. The van der Waals surface area contributed by atoms with E-state index >= 15 is 0 Å². The van der Waals surface area contributed by atoms with E-state index in [0.29, 0.717) is 12.1 Å². The number of rotatable bonds is 2. The molecule has 0 radical (unpaired) electrons. The molecule has 3 N–H and O–H groups in total. The Labute approximate surface area is 90.1 Å². The van der Waals surface area contributed by atoms with E-state index in [4.69, 9.17) is 5.73 Å². The van der Waals surface area contributed by atoms with Gasteiger partial charge in [-0.2, -0.15) is 0 Å². The molecule has 0 aliphatic rings. The minimum Gasteiger partial charge on any atom is -0.399 e. The number of hydrogen-bond donors (Lipinski definition) is 2. The van der Waals surface area contributed by atoms with Gasteiger partial charge in [-0.15, -0.1) is 12.4 Å². The quantitative estimate of drug-likeness (QED) is 0.743. The van der Waals surface area contributed by atoms with E-state index in [9.17, 15) is 4.79 Å². The number of halogens is 1. The Hall–Kier alpha value is -1.22. The van der Waals surface area contributed by atoms with Gasteiger partial charge in [0.15, 0.2) is 0 Å². The van der Waals surface area contributed by atoms with Gasteiger partial charge in [0.2, 0.25) is 5.91 Å². The molecule has 4 heteroatoms. The number of hydrogen-bond acceptors (Lipinski definition) is 2. The monoisotopic (exact) mass is 214 g/mol. The molecule has 78 valence electrons. The number of nitrogens with two attached hydrogens (primary N) is 1. The van der Waals surface area contributed by atoms with E-state index in [1.165, 1.54) is 0 Å². The molecule has 0 unspecified atom stereocenters. The molecule has 0 fully saturated rings. The molecule has 0 aliphatic carbocycles. The molecule has 3 nitrogen and oxygen atoms in total. The lowest BCUT2D eigenvalue weighted by molar-refractivity contribution is -0.115. The lowest BCUT2D eigenvalue weighted by Crippen LogP contribution is -2.10. The van der Waals surface area contributed by atoms with Crippen molar-refractivity contribution in [3.05, 3.63) is 23.8 Å². The maximum Gasteiger partial charge on any atom is 0.224 e. The SMILES string of the molecule is CCC(=O)Nc1ccc(N)cc1C.Cl. The predicted octanol–water partition coefficient (Wildman–Crippen LogP) is 2.35. The molecule has 14 heavy (non-hydrogen) atoms. The summed E-state index contributed by atoms with van der Waals surface area (Å²) in [6.45, 7) is 3.74. The van der Waals surface area contributed by atoms with E-state index in [1.807, 2.05) is 26.0 Å². The first kappa shape index (κ1) is 12.8. The van der Waals surface area contributed by atoms with Crippen LogP contribution in [0.5, 0.6) is 0 Å². The van der Waals surface area contributed by atoms with Crippen molar-refractivity contribution in [1.82, 2.24) is 0 Å². The molecule has 0 saturated heterocycles. The van der Waals surface area contributed by atoms with Crippen molar-refractivity contribution < 1.29 is 4.79 Å². The van der Waals surface area contributed by atoms with Crippen molar-refractivity contribution in [3.8, 4) is 0 Å². The molecule has 1 rings (SSSR count). The van der Waals surface area contributed by atoms with Crippen LogP contribution in [0.2, 0.25) is 0 Å². The Bertz CT molecular complexity index is 326. The number of carbonyl (C=O) groups excluding carboxylic acids is 1. The molecule has 0 bridgehead atoms. The lowest BCUT2D eigenvalue weighted by Gasteiger charge is -2.07. The van der Waals surface area contributed by atoms with Crippen LogP contribution in [0.25, 0.3) is 0 Å². The number of nitrogen functional groups attached to an aromatic ring is 1. The van der Waals surface area contributed by atoms with Crippen LogP contribution in [0, 0.1) is 6.92 Å². The fourth-order valence-electron chi connectivity index (χ4n) is 1.07. The molecule has 0 heterocycles. The van der Waals surface area contributed by atoms with Gasteiger partial charge < -0.3 is 11.1 Å². The van der Waals surface area contributed by atoms with Gasteiger partial charge in [-0.1, -0.05) is 6.92 Å². The number of aryl methyl sites for hydroxylation is 1. The zero-order valence-corrected chi connectivity index (χ0v) is 9.15. The third kappa shape index (κ3) is 3.26. The highest BCUT2D eigenvalue weighted by molar-refractivity contribution is 5.91. The Morgan fingerprint density at radius 2 is 2.14 bits per heavy atom. The molecule has 1 amide bonds. The van der Waals surface area contributed by atoms with Crippen LogP contribution >= 0.6 is 12.4 Å². The second kappa shape index (κ2) is 5.50. The van der Waals surface area contributed by atoms with Crippen LogP contribution in [0.3, 0.4) is 0 Å². The number of carbonyl (C=O) groups is 1. The number of amides is 1. The van der Waals surface area contributed by atoms with E-state index in [-0.39, 0.29) is 18.3 Å². The summed E-state index contributed by atoms with van der Waals surface area (Å²) in [5, 5.41) is 2.79. The largest absolute Gasteiger partial charge is 0.399 e. The zero-order chi connectivity index (χ0) is 9.84. The van der Waals surface area contributed by atoms with Crippen LogP contribution in [0.4, 0.5) is 11.4 Å². The Morgan fingerprint density at radius 1 is 1.50 bits per heavy atom. The van der Waals surface area contributed by atoms with Crippen molar-refractivity contribution in [2.75, 3.05) is 11.1 Å². The van der Waals surface area contributed by atoms with Gasteiger partial charge in [-0.05, 0) is 30.7 Å². The van der Waals surface area contributed by atoms with Crippen LogP contribution in [-0.4, -0.2) is 5.91 Å².